The molecule has 0 amide bonds. The smallest absolute Gasteiger partial charge is 0.323 e. The Kier molecular flexibility index (Phi) is 5.97. The maximum absolute atomic E-state index is 11.6. The molecule has 1 aliphatic rings. The first-order valence-electron chi connectivity index (χ1n) is 7.40. The predicted octanol–water partition coefficient (Wildman–Crippen LogP) is 3.95. The zero-order valence-corrected chi connectivity index (χ0v) is 13.8. The molecule has 0 saturated heterocycles. The molecule has 0 bridgehead atoms. The normalized spacial score (nSPS) is 25.1. The van der Waals surface area contributed by atoms with E-state index in [0.29, 0.717) is 11.7 Å². The Morgan fingerprint density at radius 2 is 2.19 bits per heavy atom. The SMILES string of the molecule is CCCNC1(C(=O)O)CCC(SCc2ccc(Cl)cc2)C1. The van der Waals surface area contributed by atoms with Gasteiger partial charge in [0.25, 0.3) is 0 Å². The van der Waals surface area contributed by atoms with E-state index >= 15 is 0 Å². The van der Waals surface area contributed by atoms with Crippen LogP contribution in [-0.2, 0) is 10.5 Å². The summed E-state index contributed by atoms with van der Waals surface area (Å²) >= 11 is 7.73. The van der Waals surface area contributed by atoms with Crippen LogP contribution in [0.4, 0.5) is 0 Å². The van der Waals surface area contributed by atoms with Gasteiger partial charge >= 0.3 is 5.97 Å². The van der Waals surface area contributed by atoms with Gasteiger partial charge in [0.15, 0.2) is 0 Å². The summed E-state index contributed by atoms with van der Waals surface area (Å²) in [7, 11) is 0. The highest BCUT2D eigenvalue weighted by atomic mass is 35.5. The van der Waals surface area contributed by atoms with E-state index in [1.165, 1.54) is 5.56 Å². The molecule has 1 aromatic rings. The molecule has 0 spiro atoms. The van der Waals surface area contributed by atoms with Crippen molar-refractivity contribution in [2.24, 2.45) is 0 Å². The van der Waals surface area contributed by atoms with Gasteiger partial charge in [-0.3, -0.25) is 4.79 Å². The van der Waals surface area contributed by atoms with Crippen LogP contribution in [-0.4, -0.2) is 28.4 Å². The number of rotatable bonds is 7. The van der Waals surface area contributed by atoms with Crippen LogP contribution in [0.15, 0.2) is 24.3 Å². The first kappa shape index (κ1) is 16.7. The molecule has 0 aromatic heterocycles. The molecule has 0 heterocycles. The van der Waals surface area contributed by atoms with Gasteiger partial charge in [0.1, 0.15) is 5.54 Å². The molecule has 3 nitrogen and oxygen atoms in total. The van der Waals surface area contributed by atoms with Gasteiger partial charge in [-0.2, -0.15) is 11.8 Å². The number of aliphatic carboxylic acids is 1. The molecule has 1 aliphatic carbocycles. The topological polar surface area (TPSA) is 49.3 Å². The van der Waals surface area contributed by atoms with Crippen molar-refractivity contribution < 1.29 is 9.90 Å². The quantitative estimate of drug-likeness (QED) is 0.796. The van der Waals surface area contributed by atoms with E-state index in [1.807, 2.05) is 36.0 Å². The maximum Gasteiger partial charge on any atom is 0.323 e. The minimum absolute atomic E-state index is 0.404. The Balaban J connectivity index is 1.88. The summed E-state index contributed by atoms with van der Waals surface area (Å²) in [6.07, 6.45) is 3.35. The number of hydrogen-bond acceptors (Lipinski definition) is 3. The van der Waals surface area contributed by atoms with Crippen molar-refractivity contribution in [3.05, 3.63) is 34.9 Å². The molecule has 2 atom stereocenters. The highest BCUT2D eigenvalue weighted by Crippen LogP contribution is 2.38. The minimum Gasteiger partial charge on any atom is -0.480 e. The van der Waals surface area contributed by atoms with Crippen molar-refractivity contribution in [2.45, 2.75) is 49.1 Å². The summed E-state index contributed by atoms with van der Waals surface area (Å²) < 4.78 is 0. The van der Waals surface area contributed by atoms with Crippen LogP contribution in [0.5, 0.6) is 0 Å². The van der Waals surface area contributed by atoms with E-state index in [-0.39, 0.29) is 0 Å². The molecule has 2 N–H and O–H groups in total. The maximum atomic E-state index is 11.6. The molecule has 116 valence electrons. The van der Waals surface area contributed by atoms with Gasteiger partial charge in [0.05, 0.1) is 0 Å². The fraction of sp³-hybridized carbons (Fsp3) is 0.562. The van der Waals surface area contributed by atoms with E-state index < -0.39 is 11.5 Å². The minimum atomic E-state index is -0.715. The summed E-state index contributed by atoms with van der Waals surface area (Å²) in [5, 5.41) is 13.9. The van der Waals surface area contributed by atoms with E-state index in [0.717, 1.165) is 36.6 Å². The van der Waals surface area contributed by atoms with Crippen LogP contribution in [0, 0.1) is 0 Å². The number of hydrogen-bond donors (Lipinski definition) is 2. The summed E-state index contributed by atoms with van der Waals surface area (Å²) in [6, 6.07) is 7.86. The molecular weight excluding hydrogens is 306 g/mol. The summed E-state index contributed by atoms with van der Waals surface area (Å²) in [6.45, 7) is 2.82. The van der Waals surface area contributed by atoms with Crippen molar-refractivity contribution in [1.82, 2.24) is 5.32 Å². The lowest BCUT2D eigenvalue weighted by Crippen LogP contribution is -2.50. The third-order valence-electron chi connectivity index (χ3n) is 3.99. The molecule has 5 heteroatoms. The average molecular weight is 328 g/mol. The van der Waals surface area contributed by atoms with Crippen LogP contribution < -0.4 is 5.32 Å². The second-order valence-corrected chi connectivity index (χ2v) is 7.34. The molecule has 0 aliphatic heterocycles. The number of halogens is 1. The van der Waals surface area contributed by atoms with Gasteiger partial charge in [-0.05, 0) is 49.9 Å². The number of carboxylic acid groups (broad SMARTS) is 1. The summed E-state index contributed by atoms with van der Waals surface area (Å²) in [5.41, 5.74) is 0.520. The Hall–Kier alpha value is -0.710. The fourth-order valence-corrected chi connectivity index (χ4v) is 4.17. The van der Waals surface area contributed by atoms with Crippen molar-refractivity contribution >= 4 is 29.3 Å². The number of carbonyl (C=O) groups is 1. The molecule has 1 fully saturated rings. The van der Waals surface area contributed by atoms with Crippen LogP contribution in [0.1, 0.15) is 38.2 Å². The number of thioether (sulfide) groups is 1. The first-order valence-corrected chi connectivity index (χ1v) is 8.83. The summed E-state index contributed by atoms with van der Waals surface area (Å²) in [4.78, 5) is 11.6. The largest absolute Gasteiger partial charge is 0.480 e. The number of carboxylic acids is 1. The molecule has 2 unspecified atom stereocenters. The van der Waals surface area contributed by atoms with Crippen molar-refractivity contribution in [3.8, 4) is 0 Å². The molecular formula is C16H22ClNO2S. The second-order valence-electron chi connectivity index (χ2n) is 5.62. The second kappa shape index (κ2) is 7.52. The van der Waals surface area contributed by atoms with E-state index in [1.54, 1.807) is 0 Å². The Morgan fingerprint density at radius 3 is 2.81 bits per heavy atom. The third-order valence-corrected chi connectivity index (χ3v) is 5.62. The summed E-state index contributed by atoms with van der Waals surface area (Å²) in [5.74, 6) is 0.205. The number of benzene rings is 1. The lowest BCUT2D eigenvalue weighted by atomic mass is 9.98. The average Bonchev–Trinajstić information content (AvgIpc) is 2.89. The van der Waals surface area contributed by atoms with Crippen molar-refractivity contribution in [1.29, 1.82) is 0 Å². The molecule has 21 heavy (non-hydrogen) atoms. The molecule has 2 rings (SSSR count). The highest BCUT2D eigenvalue weighted by molar-refractivity contribution is 7.99. The molecule has 1 saturated carbocycles. The highest BCUT2D eigenvalue weighted by Gasteiger charge is 2.45. The lowest BCUT2D eigenvalue weighted by molar-refractivity contribution is -0.144. The standard InChI is InChI=1S/C16H22ClNO2S/c1-2-9-18-16(15(19)20)8-7-14(10-16)21-11-12-3-5-13(17)6-4-12/h3-6,14,18H,2,7-11H2,1H3,(H,19,20). The van der Waals surface area contributed by atoms with Gasteiger partial charge in [0.2, 0.25) is 0 Å². The van der Waals surface area contributed by atoms with Crippen LogP contribution >= 0.6 is 23.4 Å². The Morgan fingerprint density at radius 1 is 1.48 bits per heavy atom. The van der Waals surface area contributed by atoms with Crippen molar-refractivity contribution in [2.75, 3.05) is 6.54 Å². The van der Waals surface area contributed by atoms with Crippen LogP contribution in [0.25, 0.3) is 0 Å². The van der Waals surface area contributed by atoms with Gasteiger partial charge in [0, 0.05) is 16.0 Å². The lowest BCUT2D eigenvalue weighted by Gasteiger charge is -2.25. The van der Waals surface area contributed by atoms with E-state index in [9.17, 15) is 9.90 Å². The van der Waals surface area contributed by atoms with Crippen LogP contribution in [0.3, 0.4) is 0 Å². The van der Waals surface area contributed by atoms with Gasteiger partial charge in [-0.25, -0.2) is 0 Å². The van der Waals surface area contributed by atoms with Crippen molar-refractivity contribution in [3.63, 3.8) is 0 Å². The third kappa shape index (κ3) is 4.38. The monoisotopic (exact) mass is 327 g/mol. The molecule has 1 aromatic carbocycles. The Bertz CT molecular complexity index is 480. The zero-order chi connectivity index (χ0) is 15.3. The van der Waals surface area contributed by atoms with Gasteiger partial charge in [-0.15, -0.1) is 0 Å². The van der Waals surface area contributed by atoms with Gasteiger partial charge < -0.3 is 10.4 Å². The Labute approximate surface area is 135 Å². The van der Waals surface area contributed by atoms with E-state index in [2.05, 4.69) is 12.2 Å². The van der Waals surface area contributed by atoms with Gasteiger partial charge in [-0.1, -0.05) is 30.7 Å². The van der Waals surface area contributed by atoms with Crippen LogP contribution in [0.2, 0.25) is 5.02 Å². The van der Waals surface area contributed by atoms with E-state index in [4.69, 9.17) is 11.6 Å². The molecule has 0 radical (unpaired) electrons. The fourth-order valence-electron chi connectivity index (χ4n) is 2.73. The number of nitrogens with one attached hydrogen (secondary N) is 1. The first-order chi connectivity index (χ1) is 10.1. The zero-order valence-electron chi connectivity index (χ0n) is 12.3. The predicted molar refractivity (Wildman–Crippen MR) is 89.0 cm³/mol.